The van der Waals surface area contributed by atoms with E-state index in [1.165, 1.54) is 18.2 Å². The molecule has 1 radical (unpaired) electrons. The highest BCUT2D eigenvalue weighted by Gasteiger charge is 2.74. The topological polar surface area (TPSA) is 19.9 Å². The normalized spacial score (nSPS) is 22.3. The zero-order valence-corrected chi connectivity index (χ0v) is 17.6. The average molecular weight is 497 g/mol. The van der Waals surface area contributed by atoms with Gasteiger partial charge in [-0.1, -0.05) is 135 Å². The molecule has 1 aliphatic rings. The highest BCUT2D eigenvalue weighted by molar-refractivity contribution is 6.80. The van der Waals surface area contributed by atoms with Gasteiger partial charge in [0.1, 0.15) is 0 Å². The van der Waals surface area contributed by atoms with E-state index in [2.05, 4.69) is 0 Å². The van der Waals surface area contributed by atoms with Gasteiger partial charge in [-0.3, -0.25) is 0 Å². The Hall–Kier alpha value is 1.53. The summed E-state index contributed by atoms with van der Waals surface area (Å²) in [6.07, 6.45) is 2.74. The van der Waals surface area contributed by atoms with E-state index in [0.717, 1.165) is 0 Å². The highest BCUT2D eigenvalue weighted by Crippen LogP contribution is 2.67. The van der Waals surface area contributed by atoms with Gasteiger partial charge in [-0.2, -0.15) is 0 Å². The second-order valence-electron chi connectivity index (χ2n) is 4.88. The van der Waals surface area contributed by atoms with Crippen LogP contribution in [0, 0.1) is 0 Å². The molecule has 0 fully saturated rings. The van der Waals surface area contributed by atoms with Crippen LogP contribution < -0.4 is 0 Å². The van der Waals surface area contributed by atoms with Crippen LogP contribution in [-0.2, 0) is 10.7 Å². The van der Waals surface area contributed by atoms with Gasteiger partial charge in [-0.25, -0.2) is 5.11 Å². The highest BCUT2D eigenvalue weighted by atomic mass is 35.6. The van der Waals surface area contributed by atoms with E-state index in [1.54, 1.807) is 18.2 Å². The van der Waals surface area contributed by atoms with Gasteiger partial charge in [-0.15, -0.1) is 0 Å². The summed E-state index contributed by atoms with van der Waals surface area (Å²) in [5, 5.41) is 13.4. The number of hydrogen-bond donors (Lipinski definition) is 0. The molecule has 0 heterocycles. The van der Waals surface area contributed by atoms with Crippen molar-refractivity contribution in [2.24, 2.45) is 0 Å². The smallest absolute Gasteiger partial charge is 0.216 e. The molecule has 1 atom stereocenters. The van der Waals surface area contributed by atoms with E-state index in [9.17, 15) is 5.11 Å². The minimum atomic E-state index is -2.55. The standard InChI is InChI=1S/C13H6Cl9O/c14-10(15,11(16,17)12(18,19)13(20,21)22)9(23)6-5-7-3-1-2-4-8(7)9/h1-6H. The summed E-state index contributed by atoms with van der Waals surface area (Å²) in [5.74, 6) is 0. The maximum atomic E-state index is 13.4. The number of benzene rings is 1. The van der Waals surface area contributed by atoms with E-state index in [0.29, 0.717) is 5.56 Å². The van der Waals surface area contributed by atoms with Gasteiger partial charge in [0.2, 0.25) is 8.13 Å². The second-order valence-corrected chi connectivity index (χ2v) is 11.1. The van der Waals surface area contributed by atoms with Crippen molar-refractivity contribution in [3.63, 3.8) is 0 Å². The molecule has 0 saturated heterocycles. The molecule has 2 rings (SSSR count). The Balaban J connectivity index is 2.61. The fraction of sp³-hybridized carbons (Fsp3) is 0.385. The Morgan fingerprint density at radius 3 is 1.83 bits per heavy atom. The molecule has 0 bridgehead atoms. The summed E-state index contributed by atoms with van der Waals surface area (Å²) < 4.78 is -9.92. The molecule has 1 aromatic carbocycles. The summed E-state index contributed by atoms with van der Waals surface area (Å²) >= 11 is 54.2. The molecular weight excluding hydrogens is 491 g/mol. The Morgan fingerprint density at radius 1 is 0.783 bits per heavy atom. The Kier molecular flexibility index (Phi) is 5.71. The van der Waals surface area contributed by atoms with E-state index in [-0.39, 0.29) is 5.56 Å². The van der Waals surface area contributed by atoms with Crippen molar-refractivity contribution in [2.45, 2.75) is 22.4 Å². The largest absolute Gasteiger partial charge is 0.226 e. The van der Waals surface area contributed by atoms with Crippen LogP contribution in [0.4, 0.5) is 0 Å². The molecule has 0 amide bonds. The number of halogens is 9. The summed E-state index contributed by atoms with van der Waals surface area (Å²) in [6.45, 7) is 0. The summed E-state index contributed by atoms with van der Waals surface area (Å²) in [6, 6.07) is 6.60. The van der Waals surface area contributed by atoms with Crippen molar-refractivity contribution in [3.05, 3.63) is 41.5 Å². The third kappa shape index (κ3) is 2.98. The number of hydrogen-bond acceptors (Lipinski definition) is 0. The first-order chi connectivity index (χ1) is 10.2. The Labute approximate surface area is 178 Å². The van der Waals surface area contributed by atoms with Crippen LogP contribution in [0.15, 0.2) is 30.3 Å². The van der Waals surface area contributed by atoms with Crippen molar-refractivity contribution in [2.75, 3.05) is 0 Å². The lowest BCUT2D eigenvalue weighted by Crippen LogP contribution is -2.62. The first kappa shape index (κ1) is 20.8. The van der Waals surface area contributed by atoms with Gasteiger partial charge in [-0.05, 0) is 11.6 Å². The third-order valence-corrected chi connectivity index (χ3v) is 9.07. The van der Waals surface area contributed by atoms with Crippen LogP contribution in [-0.4, -0.2) is 16.8 Å². The van der Waals surface area contributed by atoms with Gasteiger partial charge in [0.15, 0.2) is 14.3 Å². The first-order valence-electron chi connectivity index (χ1n) is 5.89. The molecule has 127 valence electrons. The van der Waals surface area contributed by atoms with Crippen LogP contribution in [0.1, 0.15) is 11.1 Å². The monoisotopic (exact) mass is 493 g/mol. The summed E-state index contributed by atoms with van der Waals surface area (Å²) in [7, 11) is 0. The van der Waals surface area contributed by atoms with Crippen molar-refractivity contribution in [1.82, 2.24) is 0 Å². The van der Waals surface area contributed by atoms with E-state index < -0.39 is 22.4 Å². The van der Waals surface area contributed by atoms with Crippen molar-refractivity contribution >= 4 is 110 Å². The molecule has 0 N–H and O–H groups in total. The van der Waals surface area contributed by atoms with Crippen LogP contribution in [0.5, 0.6) is 0 Å². The predicted octanol–water partition coefficient (Wildman–Crippen LogP) is 7.23. The van der Waals surface area contributed by atoms with E-state index >= 15 is 0 Å². The minimum absolute atomic E-state index is 0.240. The van der Waals surface area contributed by atoms with Crippen molar-refractivity contribution < 1.29 is 5.11 Å². The third-order valence-electron chi connectivity index (χ3n) is 3.47. The predicted molar refractivity (Wildman–Crippen MR) is 101 cm³/mol. The van der Waals surface area contributed by atoms with Crippen LogP contribution in [0.3, 0.4) is 0 Å². The maximum absolute atomic E-state index is 13.4. The van der Waals surface area contributed by atoms with Crippen molar-refractivity contribution in [1.29, 1.82) is 0 Å². The fourth-order valence-electron chi connectivity index (χ4n) is 2.16. The molecule has 0 aromatic heterocycles. The van der Waals surface area contributed by atoms with Gasteiger partial charge < -0.3 is 0 Å². The second kappa shape index (κ2) is 6.30. The molecular formula is C13H6Cl9O. The molecule has 0 aliphatic heterocycles. The van der Waals surface area contributed by atoms with E-state index in [1.807, 2.05) is 0 Å². The molecule has 0 saturated carbocycles. The SMILES string of the molecule is [O]C1(C(Cl)(Cl)C(Cl)(Cl)C(Cl)(Cl)C(Cl)(Cl)Cl)C=Cc2ccccc21. The summed E-state index contributed by atoms with van der Waals surface area (Å²) in [4.78, 5) is 0. The van der Waals surface area contributed by atoms with E-state index in [4.69, 9.17) is 104 Å². The lowest BCUT2D eigenvalue weighted by atomic mass is 9.88. The molecule has 1 aromatic rings. The molecule has 1 nitrogen and oxygen atoms in total. The van der Waals surface area contributed by atoms with Gasteiger partial charge in [0.25, 0.3) is 0 Å². The van der Waals surface area contributed by atoms with Gasteiger partial charge in [0.05, 0.1) is 0 Å². The zero-order chi connectivity index (χ0) is 17.9. The zero-order valence-electron chi connectivity index (χ0n) is 10.8. The number of alkyl halides is 9. The van der Waals surface area contributed by atoms with Gasteiger partial charge >= 0.3 is 0 Å². The lowest BCUT2D eigenvalue weighted by Gasteiger charge is -2.48. The fourth-order valence-corrected chi connectivity index (χ4v) is 4.53. The first-order valence-corrected chi connectivity index (χ1v) is 9.29. The minimum Gasteiger partial charge on any atom is -0.216 e. The number of rotatable bonds is 3. The molecule has 10 heteroatoms. The van der Waals surface area contributed by atoms with Crippen LogP contribution in [0.25, 0.3) is 6.08 Å². The molecule has 0 spiro atoms. The Morgan fingerprint density at radius 2 is 1.30 bits per heavy atom. The molecule has 1 aliphatic carbocycles. The number of fused-ring (bicyclic) bond motifs is 1. The molecule has 1 unspecified atom stereocenters. The maximum Gasteiger partial charge on any atom is 0.226 e. The lowest BCUT2D eigenvalue weighted by molar-refractivity contribution is -0.00749. The van der Waals surface area contributed by atoms with Crippen molar-refractivity contribution in [3.8, 4) is 0 Å². The van der Waals surface area contributed by atoms with Crippen LogP contribution in [0.2, 0.25) is 0 Å². The van der Waals surface area contributed by atoms with Gasteiger partial charge in [0, 0.05) is 5.56 Å². The quantitative estimate of drug-likeness (QED) is 0.393. The average Bonchev–Trinajstić information content (AvgIpc) is 2.77. The summed E-state index contributed by atoms with van der Waals surface area (Å²) in [5.41, 5.74) is -1.44. The van der Waals surface area contributed by atoms with Crippen LogP contribution >= 0.6 is 104 Å². The molecule has 23 heavy (non-hydrogen) atoms. The Bertz CT molecular complexity index is 647.